The van der Waals surface area contributed by atoms with Gasteiger partial charge in [0.1, 0.15) is 4.60 Å². The van der Waals surface area contributed by atoms with Gasteiger partial charge in [-0.15, -0.1) is 0 Å². The van der Waals surface area contributed by atoms with E-state index in [4.69, 9.17) is 0 Å². The van der Waals surface area contributed by atoms with Crippen molar-refractivity contribution in [2.24, 2.45) is 0 Å². The molecule has 0 bridgehead atoms. The number of imidazole rings is 1. The normalized spacial score (nSPS) is 18.1. The molecule has 0 saturated carbocycles. The van der Waals surface area contributed by atoms with Crippen molar-refractivity contribution in [2.75, 3.05) is 25.6 Å². The molecule has 5 heteroatoms. The first kappa shape index (κ1) is 8.07. The van der Waals surface area contributed by atoms with E-state index in [0.717, 1.165) is 23.6 Å². The van der Waals surface area contributed by atoms with Gasteiger partial charge >= 0.3 is 0 Å². The summed E-state index contributed by atoms with van der Waals surface area (Å²) in [5, 5.41) is 4.20. The van der Waals surface area contributed by atoms with Gasteiger partial charge in [-0.1, -0.05) is 0 Å². The van der Waals surface area contributed by atoms with Crippen molar-refractivity contribution in [3.8, 4) is 0 Å². The largest absolute Gasteiger partial charge is 0.314 e. The number of halogens is 1. The lowest BCUT2D eigenvalue weighted by atomic mass is 10.5. The molecule has 1 aromatic rings. The average molecular weight is 231 g/mol. The summed E-state index contributed by atoms with van der Waals surface area (Å²) in [5.41, 5.74) is 0. The van der Waals surface area contributed by atoms with E-state index in [1.54, 1.807) is 0 Å². The number of rotatable bonds is 0. The van der Waals surface area contributed by atoms with Crippen LogP contribution in [0, 0.1) is 0 Å². The number of hydrogen-bond donors (Lipinski definition) is 0. The maximum absolute atomic E-state index is 4.35. The molecule has 0 unspecified atom stereocenters. The van der Waals surface area contributed by atoms with Gasteiger partial charge < -0.3 is 4.57 Å². The first-order valence-electron chi connectivity index (χ1n) is 3.86. The highest BCUT2D eigenvalue weighted by molar-refractivity contribution is 9.10. The highest BCUT2D eigenvalue weighted by atomic mass is 79.9. The van der Waals surface area contributed by atoms with Gasteiger partial charge in [0.25, 0.3) is 0 Å². The number of aromatic nitrogens is 2. The Morgan fingerprint density at radius 1 is 1.42 bits per heavy atom. The van der Waals surface area contributed by atoms with Crippen LogP contribution in [0.3, 0.4) is 0 Å². The van der Waals surface area contributed by atoms with Crippen molar-refractivity contribution >= 4 is 21.9 Å². The van der Waals surface area contributed by atoms with Crippen LogP contribution in [0.1, 0.15) is 0 Å². The Morgan fingerprint density at radius 2 is 2.17 bits per heavy atom. The molecule has 0 spiro atoms. The molecule has 0 radical (unpaired) electrons. The van der Waals surface area contributed by atoms with Crippen LogP contribution in [0.4, 0.5) is 5.95 Å². The molecule has 4 nitrogen and oxygen atoms in total. The first-order valence-corrected chi connectivity index (χ1v) is 4.65. The number of likely N-dealkylation sites (N-methyl/N-ethyl adjacent to an activating group) is 1. The standard InChI is InChI=1S/C7H11BrN4/c1-10-3-4-12-5-6(8)9-7(12)11(10)2/h5H,3-4H2,1-2H3. The van der Waals surface area contributed by atoms with Crippen molar-refractivity contribution in [3.63, 3.8) is 0 Å². The fourth-order valence-corrected chi connectivity index (χ4v) is 1.76. The van der Waals surface area contributed by atoms with E-state index in [-0.39, 0.29) is 0 Å². The maximum Gasteiger partial charge on any atom is 0.221 e. The van der Waals surface area contributed by atoms with E-state index in [2.05, 4.69) is 37.5 Å². The Hall–Kier alpha value is -0.550. The minimum Gasteiger partial charge on any atom is -0.314 e. The summed E-state index contributed by atoms with van der Waals surface area (Å²) in [6.07, 6.45) is 2.01. The molecule has 0 aromatic carbocycles. The summed E-state index contributed by atoms with van der Waals surface area (Å²) in [6, 6.07) is 0. The zero-order chi connectivity index (χ0) is 8.72. The third kappa shape index (κ3) is 1.13. The second-order valence-corrected chi connectivity index (χ2v) is 3.77. The minimum absolute atomic E-state index is 0.902. The van der Waals surface area contributed by atoms with Gasteiger partial charge in [-0.05, 0) is 15.9 Å². The van der Waals surface area contributed by atoms with E-state index in [9.17, 15) is 0 Å². The summed E-state index contributed by atoms with van der Waals surface area (Å²) >= 11 is 3.36. The fraction of sp³-hybridized carbons (Fsp3) is 0.571. The monoisotopic (exact) mass is 230 g/mol. The Bertz CT molecular complexity index is 296. The lowest BCUT2D eigenvalue weighted by Crippen LogP contribution is -2.44. The van der Waals surface area contributed by atoms with E-state index in [1.165, 1.54) is 0 Å². The number of nitrogens with zero attached hydrogens (tertiary/aromatic N) is 4. The van der Waals surface area contributed by atoms with Crippen LogP contribution in [-0.4, -0.2) is 35.2 Å². The topological polar surface area (TPSA) is 24.3 Å². The third-order valence-corrected chi connectivity index (χ3v) is 2.57. The number of fused-ring (bicyclic) bond motifs is 1. The van der Waals surface area contributed by atoms with Gasteiger partial charge in [0.05, 0.1) is 0 Å². The fourth-order valence-electron chi connectivity index (χ4n) is 1.35. The van der Waals surface area contributed by atoms with Gasteiger partial charge in [-0.2, -0.15) is 0 Å². The minimum atomic E-state index is 0.902. The van der Waals surface area contributed by atoms with Crippen LogP contribution in [0.25, 0.3) is 0 Å². The van der Waals surface area contributed by atoms with Gasteiger partial charge in [-0.25, -0.2) is 9.99 Å². The molecule has 0 N–H and O–H groups in total. The van der Waals surface area contributed by atoms with Crippen molar-refractivity contribution in [2.45, 2.75) is 6.54 Å². The van der Waals surface area contributed by atoms with E-state index in [1.807, 2.05) is 18.3 Å². The Balaban J connectivity index is 2.41. The molecule has 1 aliphatic heterocycles. The van der Waals surface area contributed by atoms with Crippen LogP contribution >= 0.6 is 15.9 Å². The van der Waals surface area contributed by atoms with Gasteiger partial charge in [0.15, 0.2) is 0 Å². The molecule has 0 fully saturated rings. The van der Waals surface area contributed by atoms with Crippen molar-refractivity contribution in [3.05, 3.63) is 10.8 Å². The number of anilines is 1. The summed E-state index contributed by atoms with van der Waals surface area (Å²) in [5.74, 6) is 0.996. The molecule has 0 saturated heterocycles. The summed E-state index contributed by atoms with van der Waals surface area (Å²) in [6.45, 7) is 2.04. The highest BCUT2D eigenvalue weighted by Gasteiger charge is 2.19. The number of hydrazine groups is 1. The summed E-state index contributed by atoms with van der Waals surface area (Å²) in [7, 11) is 4.08. The second-order valence-electron chi connectivity index (χ2n) is 2.96. The molecule has 0 aliphatic carbocycles. The maximum atomic E-state index is 4.35. The molecular formula is C7H11BrN4. The Labute approximate surface area is 79.9 Å². The molecule has 2 rings (SSSR count). The lowest BCUT2D eigenvalue weighted by Gasteiger charge is -2.33. The number of hydrogen-bond acceptors (Lipinski definition) is 3. The first-order chi connectivity index (χ1) is 5.68. The summed E-state index contributed by atoms with van der Waals surface area (Å²) < 4.78 is 3.05. The SMILES string of the molecule is CN1CCn2cc(Br)nc2N1C. The smallest absolute Gasteiger partial charge is 0.221 e. The Morgan fingerprint density at radius 3 is 2.92 bits per heavy atom. The van der Waals surface area contributed by atoms with Crippen molar-refractivity contribution in [1.82, 2.24) is 14.6 Å². The molecule has 1 aliphatic rings. The predicted octanol–water partition coefficient (Wildman–Crippen LogP) is 0.942. The van der Waals surface area contributed by atoms with Crippen molar-refractivity contribution in [1.29, 1.82) is 0 Å². The lowest BCUT2D eigenvalue weighted by molar-refractivity contribution is 0.274. The van der Waals surface area contributed by atoms with E-state index < -0.39 is 0 Å². The Kier molecular flexibility index (Phi) is 1.84. The molecule has 1 aromatic heterocycles. The van der Waals surface area contributed by atoms with Crippen LogP contribution in [0.5, 0.6) is 0 Å². The second kappa shape index (κ2) is 2.74. The molecule has 12 heavy (non-hydrogen) atoms. The van der Waals surface area contributed by atoms with Crippen LogP contribution < -0.4 is 5.01 Å². The zero-order valence-corrected chi connectivity index (χ0v) is 8.74. The molecule has 0 atom stereocenters. The van der Waals surface area contributed by atoms with Crippen LogP contribution in [-0.2, 0) is 6.54 Å². The van der Waals surface area contributed by atoms with Gasteiger partial charge in [0, 0.05) is 33.4 Å². The molecular weight excluding hydrogens is 220 g/mol. The molecule has 66 valence electrons. The van der Waals surface area contributed by atoms with Gasteiger partial charge in [0.2, 0.25) is 5.95 Å². The van der Waals surface area contributed by atoms with Crippen LogP contribution in [0.15, 0.2) is 10.8 Å². The van der Waals surface area contributed by atoms with Gasteiger partial charge in [-0.3, -0.25) is 5.01 Å². The highest BCUT2D eigenvalue weighted by Crippen LogP contribution is 2.21. The molecule has 2 heterocycles. The average Bonchev–Trinajstić information content (AvgIpc) is 2.39. The van der Waals surface area contributed by atoms with Crippen LogP contribution in [0.2, 0.25) is 0 Å². The zero-order valence-electron chi connectivity index (χ0n) is 7.16. The summed E-state index contributed by atoms with van der Waals surface area (Å²) in [4.78, 5) is 4.35. The van der Waals surface area contributed by atoms with E-state index >= 15 is 0 Å². The predicted molar refractivity (Wildman–Crippen MR) is 51.0 cm³/mol. The molecule has 0 amide bonds. The quantitative estimate of drug-likeness (QED) is 0.664. The third-order valence-electron chi connectivity index (χ3n) is 2.19. The van der Waals surface area contributed by atoms with Crippen molar-refractivity contribution < 1.29 is 0 Å². The van der Waals surface area contributed by atoms with E-state index in [0.29, 0.717) is 0 Å².